The largest absolute Gasteiger partial charge is 0.357 e. The molecule has 0 aromatic carbocycles. The zero-order valence-corrected chi connectivity index (χ0v) is 14.3. The standard InChI is InChI=1S/C15H19N5OS2/c21-13(17-12-7-4-8-16-9-12)10-22-15-20-19-14(23-15)18-11-5-2-1-3-6-11/h4,7-9,11H,1-3,5-6,10H2,(H,17,21)(H,18,19). The molecule has 3 rings (SSSR count). The summed E-state index contributed by atoms with van der Waals surface area (Å²) in [6.45, 7) is 0. The fourth-order valence-corrected chi connectivity index (χ4v) is 4.14. The summed E-state index contributed by atoms with van der Waals surface area (Å²) < 4.78 is 0.810. The lowest BCUT2D eigenvalue weighted by Gasteiger charge is -2.21. The van der Waals surface area contributed by atoms with E-state index < -0.39 is 0 Å². The molecule has 23 heavy (non-hydrogen) atoms. The lowest BCUT2D eigenvalue weighted by atomic mass is 9.96. The molecular formula is C15H19N5OS2. The average molecular weight is 349 g/mol. The molecule has 0 saturated heterocycles. The summed E-state index contributed by atoms with van der Waals surface area (Å²) >= 11 is 2.92. The van der Waals surface area contributed by atoms with Crippen LogP contribution in [0.25, 0.3) is 0 Å². The molecule has 2 aromatic heterocycles. The maximum absolute atomic E-state index is 11.9. The molecule has 0 unspecified atom stereocenters. The molecule has 8 heteroatoms. The van der Waals surface area contributed by atoms with Crippen LogP contribution in [0.15, 0.2) is 28.9 Å². The van der Waals surface area contributed by atoms with Crippen molar-refractivity contribution >= 4 is 39.8 Å². The highest BCUT2D eigenvalue weighted by molar-refractivity contribution is 8.01. The highest BCUT2D eigenvalue weighted by atomic mass is 32.2. The molecule has 2 aromatic rings. The normalized spacial score (nSPS) is 15.3. The van der Waals surface area contributed by atoms with E-state index in [-0.39, 0.29) is 5.91 Å². The Morgan fingerprint density at radius 3 is 2.96 bits per heavy atom. The SMILES string of the molecule is O=C(CSc1nnc(NC2CCCCC2)s1)Nc1cccnc1. The van der Waals surface area contributed by atoms with Gasteiger partial charge in [-0.05, 0) is 25.0 Å². The number of anilines is 2. The molecule has 2 heterocycles. The fourth-order valence-electron chi connectivity index (χ4n) is 2.51. The second kappa shape index (κ2) is 8.26. The van der Waals surface area contributed by atoms with Crippen molar-refractivity contribution in [2.45, 2.75) is 42.5 Å². The smallest absolute Gasteiger partial charge is 0.234 e. The molecule has 6 nitrogen and oxygen atoms in total. The molecule has 0 radical (unpaired) electrons. The first-order chi connectivity index (χ1) is 11.3. The number of rotatable bonds is 6. The summed E-state index contributed by atoms with van der Waals surface area (Å²) in [5, 5.41) is 15.4. The zero-order chi connectivity index (χ0) is 15.9. The Morgan fingerprint density at radius 1 is 1.30 bits per heavy atom. The van der Waals surface area contributed by atoms with Crippen LogP contribution in [0.1, 0.15) is 32.1 Å². The third-order valence-corrected chi connectivity index (χ3v) is 5.60. The Balaban J connectivity index is 1.44. The maximum Gasteiger partial charge on any atom is 0.234 e. The van der Waals surface area contributed by atoms with Gasteiger partial charge in [-0.15, -0.1) is 10.2 Å². The highest BCUT2D eigenvalue weighted by Gasteiger charge is 2.15. The molecule has 122 valence electrons. The molecule has 1 aliphatic carbocycles. The van der Waals surface area contributed by atoms with E-state index in [9.17, 15) is 4.79 Å². The Bertz CT molecular complexity index is 628. The molecule has 0 bridgehead atoms. The molecule has 1 saturated carbocycles. The number of nitrogens with zero attached hydrogens (tertiary/aromatic N) is 3. The van der Waals surface area contributed by atoms with Gasteiger partial charge in [-0.1, -0.05) is 42.4 Å². The second-order valence-corrected chi connectivity index (χ2v) is 7.63. The van der Waals surface area contributed by atoms with Gasteiger partial charge in [0.1, 0.15) is 0 Å². The Labute approximate surface area is 143 Å². The lowest BCUT2D eigenvalue weighted by Crippen LogP contribution is -2.21. The number of hydrogen-bond acceptors (Lipinski definition) is 7. The first-order valence-corrected chi connectivity index (χ1v) is 9.52. The third-order valence-electron chi connectivity index (χ3n) is 3.61. The zero-order valence-electron chi connectivity index (χ0n) is 12.7. The summed E-state index contributed by atoms with van der Waals surface area (Å²) in [7, 11) is 0. The van der Waals surface area contributed by atoms with Crippen molar-refractivity contribution in [1.29, 1.82) is 0 Å². The van der Waals surface area contributed by atoms with E-state index >= 15 is 0 Å². The van der Waals surface area contributed by atoms with E-state index in [1.54, 1.807) is 18.5 Å². The first kappa shape index (κ1) is 16.2. The summed E-state index contributed by atoms with van der Waals surface area (Å²) in [4.78, 5) is 15.9. The van der Waals surface area contributed by atoms with E-state index in [4.69, 9.17) is 0 Å². The van der Waals surface area contributed by atoms with Gasteiger partial charge in [-0.25, -0.2) is 0 Å². The summed E-state index contributed by atoms with van der Waals surface area (Å²) in [6.07, 6.45) is 9.61. The van der Waals surface area contributed by atoms with Crippen LogP contribution in [0, 0.1) is 0 Å². The van der Waals surface area contributed by atoms with Crippen molar-refractivity contribution in [3.05, 3.63) is 24.5 Å². The summed E-state index contributed by atoms with van der Waals surface area (Å²) in [6, 6.07) is 4.12. The van der Waals surface area contributed by atoms with Crippen molar-refractivity contribution in [2.75, 3.05) is 16.4 Å². The topological polar surface area (TPSA) is 79.8 Å². The Kier molecular flexibility index (Phi) is 5.82. The third kappa shape index (κ3) is 5.18. The van der Waals surface area contributed by atoms with Crippen LogP contribution >= 0.6 is 23.1 Å². The van der Waals surface area contributed by atoms with Gasteiger partial charge in [0, 0.05) is 12.2 Å². The van der Waals surface area contributed by atoms with Crippen molar-refractivity contribution in [1.82, 2.24) is 15.2 Å². The van der Waals surface area contributed by atoms with Crippen LogP contribution in [0.5, 0.6) is 0 Å². The number of thioether (sulfide) groups is 1. The lowest BCUT2D eigenvalue weighted by molar-refractivity contribution is -0.113. The Morgan fingerprint density at radius 2 is 2.17 bits per heavy atom. The number of pyridine rings is 1. The molecule has 0 spiro atoms. The van der Waals surface area contributed by atoms with Gasteiger partial charge in [-0.3, -0.25) is 9.78 Å². The average Bonchev–Trinajstić information content (AvgIpc) is 3.02. The molecule has 2 N–H and O–H groups in total. The number of hydrogen-bond donors (Lipinski definition) is 2. The predicted octanol–water partition coefficient (Wildman–Crippen LogP) is 3.41. The van der Waals surface area contributed by atoms with Crippen LogP contribution in [0.2, 0.25) is 0 Å². The van der Waals surface area contributed by atoms with Crippen molar-refractivity contribution in [2.24, 2.45) is 0 Å². The van der Waals surface area contributed by atoms with Gasteiger partial charge in [0.05, 0.1) is 17.6 Å². The number of carbonyl (C=O) groups is 1. The van der Waals surface area contributed by atoms with Crippen LogP contribution < -0.4 is 10.6 Å². The van der Waals surface area contributed by atoms with Gasteiger partial charge in [0.25, 0.3) is 0 Å². The molecule has 0 aliphatic heterocycles. The summed E-state index contributed by atoms with van der Waals surface area (Å²) in [5.74, 6) is 0.243. The number of amides is 1. The van der Waals surface area contributed by atoms with Gasteiger partial charge in [0.2, 0.25) is 11.0 Å². The monoisotopic (exact) mass is 349 g/mol. The van der Waals surface area contributed by atoms with E-state index in [0.717, 1.165) is 9.47 Å². The minimum atomic E-state index is -0.0695. The minimum absolute atomic E-state index is 0.0695. The van der Waals surface area contributed by atoms with Crippen LogP contribution in [-0.2, 0) is 4.79 Å². The van der Waals surface area contributed by atoms with Crippen molar-refractivity contribution in [3.8, 4) is 0 Å². The van der Waals surface area contributed by atoms with E-state index in [2.05, 4.69) is 25.8 Å². The number of carbonyl (C=O) groups excluding carboxylic acids is 1. The summed E-state index contributed by atoms with van der Waals surface area (Å²) in [5.41, 5.74) is 0.704. The van der Waals surface area contributed by atoms with Crippen molar-refractivity contribution in [3.63, 3.8) is 0 Å². The second-order valence-electron chi connectivity index (χ2n) is 5.43. The van der Waals surface area contributed by atoms with Crippen LogP contribution in [0.4, 0.5) is 10.8 Å². The number of nitrogens with one attached hydrogen (secondary N) is 2. The first-order valence-electron chi connectivity index (χ1n) is 7.72. The van der Waals surface area contributed by atoms with E-state index in [1.165, 1.54) is 55.2 Å². The van der Waals surface area contributed by atoms with Crippen LogP contribution in [-0.4, -0.2) is 32.9 Å². The quantitative estimate of drug-likeness (QED) is 0.778. The highest BCUT2D eigenvalue weighted by Crippen LogP contribution is 2.28. The number of aromatic nitrogens is 3. The van der Waals surface area contributed by atoms with E-state index in [0.29, 0.717) is 17.5 Å². The fraction of sp³-hybridized carbons (Fsp3) is 0.467. The van der Waals surface area contributed by atoms with Gasteiger partial charge in [-0.2, -0.15) is 0 Å². The van der Waals surface area contributed by atoms with Crippen LogP contribution in [0.3, 0.4) is 0 Å². The molecule has 0 atom stereocenters. The molecule has 1 aliphatic rings. The predicted molar refractivity (Wildman–Crippen MR) is 94.0 cm³/mol. The molecule has 1 amide bonds. The molecule has 1 fully saturated rings. The van der Waals surface area contributed by atoms with Gasteiger partial charge >= 0.3 is 0 Å². The maximum atomic E-state index is 11.9. The van der Waals surface area contributed by atoms with E-state index in [1.807, 2.05) is 6.07 Å². The van der Waals surface area contributed by atoms with Crippen molar-refractivity contribution < 1.29 is 4.79 Å². The van der Waals surface area contributed by atoms with Gasteiger partial charge < -0.3 is 10.6 Å². The van der Waals surface area contributed by atoms with Gasteiger partial charge in [0.15, 0.2) is 4.34 Å². The minimum Gasteiger partial charge on any atom is -0.357 e. The molecular weight excluding hydrogens is 330 g/mol. The Hall–Kier alpha value is -1.67.